The molecule has 0 aliphatic carbocycles. The van der Waals surface area contributed by atoms with E-state index in [4.69, 9.17) is 23.7 Å². The monoisotopic (exact) mass is 356 g/mol. The standard InChI is InChI=1S/C21H24O5/c1-22-20-18-19(24-13-17-10-6-3-7-11-17)21(26-20,15-25-18)14-23-12-16-8-4-2-5-9-16/h2-11,18-20H,12-15H2,1H3/t18-,19+,20-,21+/m1/s1. The number of rotatable bonds is 8. The first-order chi connectivity index (χ1) is 12.8. The van der Waals surface area contributed by atoms with Crippen molar-refractivity contribution < 1.29 is 23.7 Å². The molecule has 4 rings (SSSR count). The molecule has 5 nitrogen and oxygen atoms in total. The topological polar surface area (TPSA) is 46.2 Å². The highest BCUT2D eigenvalue weighted by atomic mass is 16.8. The third-order valence-corrected chi connectivity index (χ3v) is 4.92. The van der Waals surface area contributed by atoms with Crippen molar-refractivity contribution in [3.05, 3.63) is 71.8 Å². The third kappa shape index (κ3) is 3.54. The lowest BCUT2D eigenvalue weighted by molar-refractivity contribution is -0.246. The van der Waals surface area contributed by atoms with E-state index in [1.165, 1.54) is 0 Å². The van der Waals surface area contributed by atoms with Gasteiger partial charge in [-0.2, -0.15) is 0 Å². The van der Waals surface area contributed by atoms with Crippen molar-refractivity contribution in [2.24, 2.45) is 0 Å². The second-order valence-electron chi connectivity index (χ2n) is 6.76. The van der Waals surface area contributed by atoms with Gasteiger partial charge in [-0.1, -0.05) is 60.7 Å². The molecule has 2 saturated heterocycles. The zero-order valence-corrected chi connectivity index (χ0v) is 14.9. The summed E-state index contributed by atoms with van der Waals surface area (Å²) in [6.07, 6.45) is -0.877. The van der Waals surface area contributed by atoms with Crippen LogP contribution in [0.3, 0.4) is 0 Å². The lowest BCUT2D eigenvalue weighted by atomic mass is 10.00. The van der Waals surface area contributed by atoms with E-state index in [2.05, 4.69) is 0 Å². The molecule has 2 fully saturated rings. The maximum absolute atomic E-state index is 6.20. The molecule has 0 unspecified atom stereocenters. The van der Waals surface area contributed by atoms with Crippen molar-refractivity contribution in [1.82, 2.24) is 0 Å². The predicted octanol–water partition coefficient (Wildman–Crippen LogP) is 2.93. The maximum atomic E-state index is 6.20. The Morgan fingerprint density at radius 2 is 1.62 bits per heavy atom. The van der Waals surface area contributed by atoms with Crippen molar-refractivity contribution >= 4 is 0 Å². The summed E-state index contributed by atoms with van der Waals surface area (Å²) in [4.78, 5) is 0. The van der Waals surface area contributed by atoms with Gasteiger partial charge in [-0.15, -0.1) is 0 Å². The molecule has 138 valence electrons. The Labute approximate surface area is 153 Å². The average Bonchev–Trinajstić information content (AvgIpc) is 3.19. The summed E-state index contributed by atoms with van der Waals surface area (Å²) in [6.45, 7) is 1.88. The van der Waals surface area contributed by atoms with E-state index < -0.39 is 11.9 Å². The minimum atomic E-state index is -0.630. The fraction of sp³-hybridized carbons (Fsp3) is 0.429. The second kappa shape index (κ2) is 7.86. The Morgan fingerprint density at radius 1 is 0.962 bits per heavy atom. The largest absolute Gasteiger partial charge is 0.374 e. The number of benzene rings is 2. The summed E-state index contributed by atoms with van der Waals surface area (Å²) >= 11 is 0. The SMILES string of the molecule is CO[C@@H]1O[C@@]2(COCc3ccccc3)CO[C@@H]1[C@@H]2OCc1ccccc1. The second-order valence-corrected chi connectivity index (χ2v) is 6.76. The van der Waals surface area contributed by atoms with E-state index in [1.54, 1.807) is 7.11 Å². The molecule has 2 bridgehead atoms. The summed E-state index contributed by atoms with van der Waals surface area (Å²) < 4.78 is 29.6. The van der Waals surface area contributed by atoms with Gasteiger partial charge in [0.05, 0.1) is 26.4 Å². The first-order valence-electron chi connectivity index (χ1n) is 8.90. The molecule has 0 saturated carbocycles. The van der Waals surface area contributed by atoms with Gasteiger partial charge in [-0.05, 0) is 11.1 Å². The van der Waals surface area contributed by atoms with E-state index in [0.717, 1.165) is 11.1 Å². The molecule has 2 aliphatic rings. The Kier molecular flexibility index (Phi) is 5.33. The molecule has 2 heterocycles. The predicted molar refractivity (Wildman–Crippen MR) is 95.5 cm³/mol. The van der Waals surface area contributed by atoms with Gasteiger partial charge in [0.2, 0.25) is 0 Å². The van der Waals surface area contributed by atoms with Crippen molar-refractivity contribution in [3.8, 4) is 0 Å². The number of hydrogen-bond donors (Lipinski definition) is 0. The van der Waals surface area contributed by atoms with Crippen LogP contribution in [-0.4, -0.2) is 44.4 Å². The Bertz CT molecular complexity index is 692. The molecule has 0 radical (unpaired) electrons. The van der Waals surface area contributed by atoms with Crippen LogP contribution >= 0.6 is 0 Å². The van der Waals surface area contributed by atoms with E-state index in [1.807, 2.05) is 60.7 Å². The van der Waals surface area contributed by atoms with Crippen molar-refractivity contribution in [1.29, 1.82) is 0 Å². The molecule has 2 aromatic rings. The van der Waals surface area contributed by atoms with Crippen LogP contribution in [0.5, 0.6) is 0 Å². The number of ether oxygens (including phenoxy) is 5. The van der Waals surface area contributed by atoms with Gasteiger partial charge in [-0.25, -0.2) is 0 Å². The molecule has 26 heavy (non-hydrogen) atoms. The van der Waals surface area contributed by atoms with Crippen LogP contribution in [0.25, 0.3) is 0 Å². The lowest BCUT2D eigenvalue weighted by Gasteiger charge is -2.30. The molecule has 0 amide bonds. The Hall–Kier alpha value is -1.76. The van der Waals surface area contributed by atoms with Crippen molar-refractivity contribution in [3.63, 3.8) is 0 Å². The van der Waals surface area contributed by atoms with Crippen molar-refractivity contribution in [2.75, 3.05) is 20.3 Å². The molecular weight excluding hydrogens is 332 g/mol. The summed E-state index contributed by atoms with van der Waals surface area (Å²) in [5.74, 6) is 0. The van der Waals surface area contributed by atoms with Crippen LogP contribution in [-0.2, 0) is 36.9 Å². The van der Waals surface area contributed by atoms with E-state index >= 15 is 0 Å². The molecule has 2 aromatic carbocycles. The first kappa shape index (κ1) is 17.6. The molecule has 4 atom stereocenters. The number of methoxy groups -OCH3 is 1. The average molecular weight is 356 g/mol. The highest BCUT2D eigenvalue weighted by molar-refractivity contribution is 5.15. The maximum Gasteiger partial charge on any atom is 0.187 e. The summed E-state index contributed by atoms with van der Waals surface area (Å²) in [6, 6.07) is 20.2. The zero-order chi connectivity index (χ0) is 17.8. The number of hydrogen-bond acceptors (Lipinski definition) is 5. The van der Waals surface area contributed by atoms with Gasteiger partial charge in [0.25, 0.3) is 0 Å². The minimum Gasteiger partial charge on any atom is -0.374 e. The van der Waals surface area contributed by atoms with Gasteiger partial charge in [-0.3, -0.25) is 0 Å². The van der Waals surface area contributed by atoms with E-state index in [9.17, 15) is 0 Å². The highest BCUT2D eigenvalue weighted by Gasteiger charge is 2.63. The van der Waals surface area contributed by atoms with Gasteiger partial charge in [0, 0.05) is 7.11 Å². The lowest BCUT2D eigenvalue weighted by Crippen LogP contribution is -2.46. The molecular formula is C21H24O5. The van der Waals surface area contributed by atoms with Crippen LogP contribution in [0, 0.1) is 0 Å². The smallest absolute Gasteiger partial charge is 0.187 e. The van der Waals surface area contributed by atoms with Crippen LogP contribution in [0.2, 0.25) is 0 Å². The Morgan fingerprint density at radius 3 is 2.27 bits per heavy atom. The minimum absolute atomic E-state index is 0.219. The van der Waals surface area contributed by atoms with Gasteiger partial charge >= 0.3 is 0 Å². The quantitative estimate of drug-likeness (QED) is 0.728. The van der Waals surface area contributed by atoms with Crippen LogP contribution < -0.4 is 0 Å². The third-order valence-electron chi connectivity index (χ3n) is 4.92. The van der Waals surface area contributed by atoms with Gasteiger partial charge in [0.15, 0.2) is 6.29 Å². The summed E-state index contributed by atoms with van der Waals surface area (Å²) in [7, 11) is 1.63. The van der Waals surface area contributed by atoms with E-state index in [0.29, 0.717) is 26.4 Å². The van der Waals surface area contributed by atoms with Gasteiger partial charge < -0.3 is 23.7 Å². The number of fused-ring (bicyclic) bond motifs is 2. The molecule has 0 spiro atoms. The highest BCUT2D eigenvalue weighted by Crippen LogP contribution is 2.42. The van der Waals surface area contributed by atoms with Crippen LogP contribution in [0.1, 0.15) is 11.1 Å². The van der Waals surface area contributed by atoms with Crippen molar-refractivity contribution in [2.45, 2.75) is 37.3 Å². The fourth-order valence-electron chi connectivity index (χ4n) is 3.59. The Balaban J connectivity index is 1.41. The molecule has 5 heteroatoms. The zero-order valence-electron chi connectivity index (χ0n) is 14.9. The molecule has 2 aliphatic heterocycles. The van der Waals surface area contributed by atoms with Crippen LogP contribution in [0.4, 0.5) is 0 Å². The molecule has 0 aromatic heterocycles. The van der Waals surface area contributed by atoms with E-state index in [-0.39, 0.29) is 12.2 Å². The first-order valence-corrected chi connectivity index (χ1v) is 8.90. The molecule has 0 N–H and O–H groups in total. The summed E-state index contributed by atoms with van der Waals surface area (Å²) in [5.41, 5.74) is 1.62. The van der Waals surface area contributed by atoms with Crippen LogP contribution in [0.15, 0.2) is 60.7 Å². The van der Waals surface area contributed by atoms with Gasteiger partial charge in [0.1, 0.15) is 17.8 Å². The summed E-state index contributed by atoms with van der Waals surface area (Å²) in [5, 5.41) is 0. The normalized spacial score (nSPS) is 30.0. The fourth-order valence-corrected chi connectivity index (χ4v) is 3.59.